The highest BCUT2D eigenvalue weighted by Crippen LogP contribution is 2.25. The highest BCUT2D eigenvalue weighted by molar-refractivity contribution is 6.42. The van der Waals surface area contributed by atoms with Gasteiger partial charge in [-0.1, -0.05) is 72.6 Å². The Bertz CT molecular complexity index is 661. The normalized spacial score (nSPS) is 13.4. The lowest BCUT2D eigenvalue weighted by atomic mass is 9.94. The van der Waals surface area contributed by atoms with Crippen molar-refractivity contribution in [3.05, 3.63) is 69.7 Å². The zero-order chi connectivity index (χ0) is 16.8. The molecule has 0 aromatic heterocycles. The molecular weight excluding hydrogens is 331 g/mol. The van der Waals surface area contributed by atoms with Gasteiger partial charge in [0.1, 0.15) is 0 Å². The topological polar surface area (TPSA) is 55.1 Å². The van der Waals surface area contributed by atoms with Crippen molar-refractivity contribution in [2.45, 2.75) is 19.4 Å². The summed E-state index contributed by atoms with van der Waals surface area (Å²) in [6, 6.07) is 14.8. The van der Waals surface area contributed by atoms with E-state index in [9.17, 15) is 4.79 Å². The molecule has 0 saturated heterocycles. The zero-order valence-electron chi connectivity index (χ0n) is 12.9. The molecule has 2 aromatic rings. The van der Waals surface area contributed by atoms with Crippen molar-refractivity contribution >= 4 is 29.1 Å². The number of carbonyl (C=O) groups is 1. The Morgan fingerprint density at radius 1 is 1.13 bits per heavy atom. The second-order valence-electron chi connectivity index (χ2n) is 5.48. The van der Waals surface area contributed by atoms with Crippen molar-refractivity contribution in [2.24, 2.45) is 11.7 Å². The van der Waals surface area contributed by atoms with Gasteiger partial charge in [-0.25, -0.2) is 0 Å². The molecule has 0 bridgehead atoms. The Labute approximate surface area is 146 Å². The highest BCUT2D eigenvalue weighted by Gasteiger charge is 2.21. The van der Waals surface area contributed by atoms with Gasteiger partial charge in [-0.3, -0.25) is 4.79 Å². The van der Waals surface area contributed by atoms with E-state index in [0.717, 1.165) is 11.1 Å². The first-order valence-corrected chi connectivity index (χ1v) is 8.27. The summed E-state index contributed by atoms with van der Waals surface area (Å²) in [5.41, 5.74) is 8.03. The third kappa shape index (κ3) is 4.71. The van der Waals surface area contributed by atoms with Gasteiger partial charge >= 0.3 is 0 Å². The number of benzene rings is 2. The molecule has 2 rings (SSSR count). The minimum atomic E-state index is -0.328. The van der Waals surface area contributed by atoms with E-state index in [4.69, 9.17) is 28.9 Å². The summed E-state index contributed by atoms with van der Waals surface area (Å²) in [5, 5.41) is 3.97. The second kappa shape index (κ2) is 8.34. The summed E-state index contributed by atoms with van der Waals surface area (Å²) >= 11 is 12.1. The Kier molecular flexibility index (Phi) is 6.46. The van der Waals surface area contributed by atoms with Crippen molar-refractivity contribution < 1.29 is 4.79 Å². The lowest BCUT2D eigenvalue weighted by molar-refractivity contribution is -0.125. The van der Waals surface area contributed by atoms with Crippen molar-refractivity contribution in [3.63, 3.8) is 0 Å². The maximum atomic E-state index is 12.2. The second-order valence-corrected chi connectivity index (χ2v) is 6.26. The minimum Gasteiger partial charge on any atom is -0.355 e. The zero-order valence-corrected chi connectivity index (χ0v) is 14.4. The van der Waals surface area contributed by atoms with E-state index in [0.29, 0.717) is 23.0 Å². The van der Waals surface area contributed by atoms with Crippen molar-refractivity contribution in [1.29, 1.82) is 0 Å². The van der Waals surface area contributed by atoms with Crippen LogP contribution in [0.15, 0.2) is 48.5 Å². The molecule has 0 aliphatic heterocycles. The van der Waals surface area contributed by atoms with Crippen LogP contribution < -0.4 is 11.1 Å². The van der Waals surface area contributed by atoms with Crippen LogP contribution in [0.25, 0.3) is 0 Å². The maximum absolute atomic E-state index is 12.2. The molecule has 2 aromatic carbocycles. The van der Waals surface area contributed by atoms with E-state index < -0.39 is 0 Å². The average molecular weight is 351 g/mol. The van der Waals surface area contributed by atoms with Gasteiger partial charge in [0.05, 0.1) is 16.0 Å². The monoisotopic (exact) mass is 350 g/mol. The fraction of sp³-hybridized carbons (Fsp3) is 0.278. The molecule has 0 saturated carbocycles. The maximum Gasteiger partial charge on any atom is 0.224 e. The molecular formula is C18H20Cl2N2O. The lowest BCUT2D eigenvalue weighted by Gasteiger charge is -2.20. The van der Waals surface area contributed by atoms with Crippen LogP contribution in [0.2, 0.25) is 10.0 Å². The van der Waals surface area contributed by atoms with Crippen LogP contribution in [0.1, 0.15) is 24.1 Å². The van der Waals surface area contributed by atoms with Crippen molar-refractivity contribution in [1.82, 2.24) is 5.32 Å². The predicted molar refractivity (Wildman–Crippen MR) is 95.7 cm³/mol. The number of carbonyl (C=O) groups excluding carboxylic acids is 1. The van der Waals surface area contributed by atoms with Crippen LogP contribution in [0.3, 0.4) is 0 Å². The van der Waals surface area contributed by atoms with Crippen molar-refractivity contribution in [2.75, 3.05) is 6.54 Å². The largest absolute Gasteiger partial charge is 0.355 e. The molecule has 0 aliphatic carbocycles. The number of halogens is 2. The fourth-order valence-electron chi connectivity index (χ4n) is 2.35. The number of amides is 1. The molecule has 3 nitrogen and oxygen atoms in total. The first-order chi connectivity index (χ1) is 11.0. The number of nitrogens with one attached hydrogen (secondary N) is 1. The van der Waals surface area contributed by atoms with Gasteiger partial charge < -0.3 is 11.1 Å². The minimum absolute atomic E-state index is 0.0699. The molecule has 23 heavy (non-hydrogen) atoms. The third-order valence-corrected chi connectivity index (χ3v) is 4.72. The molecule has 0 aliphatic rings. The molecule has 0 fully saturated rings. The summed E-state index contributed by atoms with van der Waals surface area (Å²) in [6.07, 6.45) is 0.623. The van der Waals surface area contributed by atoms with Gasteiger partial charge in [0.15, 0.2) is 0 Å². The Hall–Kier alpha value is -1.55. The molecule has 2 atom stereocenters. The molecule has 3 N–H and O–H groups in total. The number of rotatable bonds is 6. The number of nitrogens with two attached hydrogens (primary N) is 1. The van der Waals surface area contributed by atoms with Gasteiger partial charge in [0.25, 0.3) is 0 Å². The van der Waals surface area contributed by atoms with Crippen LogP contribution in [0.5, 0.6) is 0 Å². The van der Waals surface area contributed by atoms with E-state index in [2.05, 4.69) is 5.32 Å². The van der Waals surface area contributed by atoms with Crippen LogP contribution in [-0.4, -0.2) is 12.5 Å². The van der Waals surface area contributed by atoms with E-state index >= 15 is 0 Å². The average Bonchev–Trinajstić information content (AvgIpc) is 2.58. The number of hydrogen-bond donors (Lipinski definition) is 2. The molecule has 0 radical (unpaired) electrons. The Morgan fingerprint density at radius 3 is 2.52 bits per heavy atom. The summed E-state index contributed by atoms with van der Waals surface area (Å²) in [4.78, 5) is 12.2. The van der Waals surface area contributed by atoms with Crippen LogP contribution in [-0.2, 0) is 11.2 Å². The summed E-state index contributed by atoms with van der Waals surface area (Å²) < 4.78 is 0. The fourth-order valence-corrected chi connectivity index (χ4v) is 2.76. The molecule has 0 heterocycles. The molecule has 2 unspecified atom stereocenters. The van der Waals surface area contributed by atoms with E-state index in [1.165, 1.54) is 0 Å². The first kappa shape index (κ1) is 17.8. The van der Waals surface area contributed by atoms with Crippen LogP contribution in [0.4, 0.5) is 0 Å². The van der Waals surface area contributed by atoms with Gasteiger partial charge in [-0.2, -0.15) is 0 Å². The lowest BCUT2D eigenvalue weighted by Crippen LogP contribution is -2.36. The summed E-state index contributed by atoms with van der Waals surface area (Å²) in [6.45, 7) is 2.32. The smallest absolute Gasteiger partial charge is 0.224 e. The standard InChI is InChI=1S/C18H20Cl2N2O/c1-12(17(21)14-6-3-2-4-7-14)18(23)22-11-10-13-8-5-9-15(19)16(13)20/h2-9,12,17H,10-11,21H2,1H3,(H,22,23). The van der Waals surface area contributed by atoms with Gasteiger partial charge in [0.2, 0.25) is 5.91 Å². The summed E-state index contributed by atoms with van der Waals surface area (Å²) in [7, 11) is 0. The van der Waals surface area contributed by atoms with Gasteiger partial charge in [-0.05, 0) is 23.6 Å². The Morgan fingerprint density at radius 2 is 1.83 bits per heavy atom. The Balaban J connectivity index is 1.88. The predicted octanol–water partition coefficient (Wildman–Crippen LogP) is 3.99. The molecule has 0 spiro atoms. The SMILES string of the molecule is CC(C(=O)NCCc1cccc(Cl)c1Cl)C(N)c1ccccc1. The molecule has 1 amide bonds. The van der Waals surface area contributed by atoms with E-state index in [1.54, 1.807) is 6.07 Å². The highest BCUT2D eigenvalue weighted by atomic mass is 35.5. The number of hydrogen-bond acceptors (Lipinski definition) is 2. The van der Waals surface area contributed by atoms with E-state index in [1.807, 2.05) is 49.4 Å². The molecule has 122 valence electrons. The first-order valence-electron chi connectivity index (χ1n) is 7.52. The van der Waals surface area contributed by atoms with Crippen LogP contribution >= 0.6 is 23.2 Å². The van der Waals surface area contributed by atoms with Crippen LogP contribution in [0, 0.1) is 5.92 Å². The van der Waals surface area contributed by atoms with Gasteiger partial charge in [0, 0.05) is 12.6 Å². The van der Waals surface area contributed by atoms with Gasteiger partial charge in [-0.15, -0.1) is 0 Å². The quantitative estimate of drug-likeness (QED) is 0.827. The van der Waals surface area contributed by atoms with E-state index in [-0.39, 0.29) is 17.9 Å². The molecule has 5 heteroatoms. The van der Waals surface area contributed by atoms with Crippen molar-refractivity contribution in [3.8, 4) is 0 Å². The third-order valence-electron chi connectivity index (χ3n) is 3.86. The summed E-state index contributed by atoms with van der Waals surface area (Å²) in [5.74, 6) is -0.383.